The van der Waals surface area contributed by atoms with Crippen molar-refractivity contribution in [2.45, 2.75) is 6.18 Å². The SMILES string of the molecule is CF.O=CC(F)(F)F. The average Bonchev–Trinajstić information content (AvgIpc) is 1.71. The van der Waals surface area contributed by atoms with Gasteiger partial charge in [0.15, 0.2) is 0 Å². The summed E-state index contributed by atoms with van der Waals surface area (Å²) in [6, 6.07) is 0. The molecule has 0 atom stereocenters. The summed E-state index contributed by atoms with van der Waals surface area (Å²) in [6.45, 7) is 0. The zero-order chi connectivity index (χ0) is 7.21. The highest BCUT2D eigenvalue weighted by Crippen LogP contribution is 2.08. The van der Waals surface area contributed by atoms with E-state index in [1.807, 2.05) is 0 Å². The maximum Gasteiger partial charge on any atom is 0.446 e. The Bertz CT molecular complexity index is 56.8. The van der Waals surface area contributed by atoms with Crippen LogP contribution < -0.4 is 0 Å². The van der Waals surface area contributed by atoms with Gasteiger partial charge in [-0.05, 0) is 0 Å². The first kappa shape index (κ1) is 10.4. The van der Waals surface area contributed by atoms with Crippen LogP contribution in [0.1, 0.15) is 0 Å². The lowest BCUT2D eigenvalue weighted by atomic mass is 10.8. The molecule has 0 aromatic heterocycles. The molecule has 0 rings (SSSR count). The van der Waals surface area contributed by atoms with Gasteiger partial charge in [-0.1, -0.05) is 0 Å². The van der Waals surface area contributed by atoms with Crippen molar-refractivity contribution in [2.75, 3.05) is 7.18 Å². The summed E-state index contributed by atoms with van der Waals surface area (Å²) in [5.41, 5.74) is 0. The molecule has 0 radical (unpaired) electrons. The lowest BCUT2D eigenvalue weighted by Crippen LogP contribution is -2.07. The standard InChI is InChI=1S/C2HF3O.CH3F/c3-2(4,5)1-6;1-2/h1H;1H3. The van der Waals surface area contributed by atoms with Gasteiger partial charge in [0.25, 0.3) is 0 Å². The summed E-state index contributed by atoms with van der Waals surface area (Å²) < 4.78 is 40.7. The van der Waals surface area contributed by atoms with Gasteiger partial charge in [-0.3, -0.25) is 9.18 Å². The third-order valence-electron chi connectivity index (χ3n) is 0.134. The summed E-state index contributed by atoms with van der Waals surface area (Å²) in [6.07, 6.45) is -5.70. The van der Waals surface area contributed by atoms with Gasteiger partial charge in [-0.2, -0.15) is 13.2 Å². The zero-order valence-electron chi connectivity index (χ0n) is 4.00. The van der Waals surface area contributed by atoms with Crippen LogP contribution in [-0.4, -0.2) is 19.6 Å². The number of hydrogen-bond acceptors (Lipinski definition) is 1. The second-order valence-corrected chi connectivity index (χ2v) is 0.659. The van der Waals surface area contributed by atoms with Crippen molar-refractivity contribution in [2.24, 2.45) is 0 Å². The van der Waals surface area contributed by atoms with Crippen LogP contribution in [0, 0.1) is 0 Å². The lowest BCUT2D eigenvalue weighted by molar-refractivity contribution is -0.156. The van der Waals surface area contributed by atoms with Crippen molar-refractivity contribution >= 4 is 6.29 Å². The molecule has 0 spiro atoms. The van der Waals surface area contributed by atoms with Crippen LogP contribution in [0.25, 0.3) is 0 Å². The van der Waals surface area contributed by atoms with E-state index < -0.39 is 12.5 Å². The fourth-order valence-electron chi connectivity index (χ4n) is 0. The predicted molar refractivity (Wildman–Crippen MR) is 19.2 cm³/mol. The van der Waals surface area contributed by atoms with Crippen LogP contribution in [-0.2, 0) is 4.79 Å². The second kappa shape index (κ2) is 4.55. The zero-order valence-corrected chi connectivity index (χ0v) is 4.00. The third-order valence-corrected chi connectivity index (χ3v) is 0.134. The van der Waals surface area contributed by atoms with Gasteiger partial charge < -0.3 is 0 Å². The Morgan fingerprint density at radius 1 is 1.25 bits per heavy atom. The first-order chi connectivity index (χ1) is 3.56. The van der Waals surface area contributed by atoms with Crippen LogP contribution >= 0.6 is 0 Å². The van der Waals surface area contributed by atoms with E-state index in [4.69, 9.17) is 4.79 Å². The molecule has 0 saturated carbocycles. The van der Waals surface area contributed by atoms with E-state index in [2.05, 4.69) is 0 Å². The molecular weight excluding hydrogens is 128 g/mol. The molecule has 0 fully saturated rings. The van der Waals surface area contributed by atoms with E-state index in [1.54, 1.807) is 0 Å². The highest BCUT2D eigenvalue weighted by molar-refractivity contribution is 5.56. The van der Waals surface area contributed by atoms with Gasteiger partial charge in [-0.15, -0.1) is 0 Å². The first-order valence-electron chi connectivity index (χ1n) is 1.47. The number of alkyl halides is 4. The maximum atomic E-state index is 10.4. The van der Waals surface area contributed by atoms with Crippen molar-refractivity contribution < 1.29 is 22.4 Å². The van der Waals surface area contributed by atoms with E-state index in [-0.39, 0.29) is 0 Å². The molecule has 0 N–H and O–H groups in total. The van der Waals surface area contributed by atoms with Crippen LogP contribution in [0.3, 0.4) is 0 Å². The highest BCUT2D eigenvalue weighted by atomic mass is 19.4. The minimum atomic E-state index is -4.64. The molecule has 0 aromatic carbocycles. The Kier molecular flexibility index (Phi) is 5.90. The number of hydrogen-bond donors (Lipinski definition) is 0. The van der Waals surface area contributed by atoms with E-state index in [9.17, 15) is 17.6 Å². The molecule has 0 bridgehead atoms. The number of carbonyl (C=O) groups is 1. The summed E-state index contributed by atoms with van der Waals surface area (Å²) in [5.74, 6) is 0. The summed E-state index contributed by atoms with van der Waals surface area (Å²) >= 11 is 0. The third kappa shape index (κ3) is 18.2. The number of halogens is 4. The number of carbonyl (C=O) groups excluding carboxylic acids is 1. The molecule has 1 nitrogen and oxygen atoms in total. The van der Waals surface area contributed by atoms with Crippen LogP contribution in [0.15, 0.2) is 0 Å². The normalized spacial score (nSPS) is 9.12. The Labute approximate surface area is 43.3 Å². The fraction of sp³-hybridized carbons (Fsp3) is 0.667. The summed E-state index contributed by atoms with van der Waals surface area (Å²) in [7, 11) is 0.500. The van der Waals surface area contributed by atoms with Crippen molar-refractivity contribution in [1.82, 2.24) is 0 Å². The number of aldehydes is 1. The monoisotopic (exact) mass is 132 g/mol. The maximum absolute atomic E-state index is 10.4. The van der Waals surface area contributed by atoms with Gasteiger partial charge in [0.2, 0.25) is 6.29 Å². The molecule has 0 aliphatic heterocycles. The van der Waals surface area contributed by atoms with Crippen LogP contribution in [0.5, 0.6) is 0 Å². The largest absolute Gasteiger partial charge is 0.446 e. The minimum Gasteiger partial charge on any atom is -0.293 e. The minimum absolute atomic E-state index is 0.500. The Balaban J connectivity index is 0. The molecule has 0 unspecified atom stereocenters. The fourth-order valence-corrected chi connectivity index (χ4v) is 0. The van der Waals surface area contributed by atoms with Gasteiger partial charge in [-0.25, -0.2) is 0 Å². The number of rotatable bonds is 0. The van der Waals surface area contributed by atoms with Crippen LogP contribution in [0.2, 0.25) is 0 Å². The summed E-state index contributed by atoms with van der Waals surface area (Å²) in [4.78, 5) is 8.70. The highest BCUT2D eigenvalue weighted by Gasteiger charge is 2.24. The van der Waals surface area contributed by atoms with Crippen molar-refractivity contribution in [3.8, 4) is 0 Å². The molecule has 0 amide bonds. The second-order valence-electron chi connectivity index (χ2n) is 0.659. The average molecular weight is 132 g/mol. The van der Waals surface area contributed by atoms with Gasteiger partial charge in [0.05, 0.1) is 7.18 Å². The lowest BCUT2D eigenvalue weighted by Gasteiger charge is -1.87. The van der Waals surface area contributed by atoms with Gasteiger partial charge >= 0.3 is 6.18 Å². The Morgan fingerprint density at radius 2 is 1.38 bits per heavy atom. The quantitative estimate of drug-likeness (QED) is 0.359. The molecule has 8 heavy (non-hydrogen) atoms. The van der Waals surface area contributed by atoms with E-state index in [0.29, 0.717) is 7.18 Å². The van der Waals surface area contributed by atoms with E-state index in [0.717, 1.165) is 0 Å². The molecule has 0 heterocycles. The topological polar surface area (TPSA) is 17.1 Å². The molecule has 0 aromatic rings. The van der Waals surface area contributed by atoms with Crippen LogP contribution in [0.4, 0.5) is 17.6 Å². The summed E-state index contributed by atoms with van der Waals surface area (Å²) in [5, 5.41) is 0. The van der Waals surface area contributed by atoms with E-state index >= 15 is 0 Å². The van der Waals surface area contributed by atoms with Gasteiger partial charge in [0, 0.05) is 0 Å². The van der Waals surface area contributed by atoms with Gasteiger partial charge in [0.1, 0.15) is 0 Å². The molecule has 0 aliphatic carbocycles. The molecule has 5 heteroatoms. The van der Waals surface area contributed by atoms with E-state index in [1.165, 1.54) is 0 Å². The Morgan fingerprint density at radius 3 is 1.38 bits per heavy atom. The molecule has 50 valence electrons. The molecule has 0 saturated heterocycles. The van der Waals surface area contributed by atoms with Crippen molar-refractivity contribution in [3.05, 3.63) is 0 Å². The Hall–Kier alpha value is -0.610. The molecular formula is C3H4F4O. The van der Waals surface area contributed by atoms with Crippen molar-refractivity contribution in [1.29, 1.82) is 0 Å². The predicted octanol–water partition coefficient (Wildman–Crippen LogP) is 1.33. The first-order valence-corrected chi connectivity index (χ1v) is 1.47. The molecule has 0 aliphatic rings. The van der Waals surface area contributed by atoms with Crippen molar-refractivity contribution in [3.63, 3.8) is 0 Å². The smallest absolute Gasteiger partial charge is 0.293 e.